The lowest BCUT2D eigenvalue weighted by molar-refractivity contribution is 0.601. The Balaban J connectivity index is 2.37. The van der Waals surface area contributed by atoms with Gasteiger partial charge in [-0.25, -0.2) is 8.42 Å². The molecule has 5 heteroatoms. The first-order valence-electron chi connectivity index (χ1n) is 5.94. The van der Waals surface area contributed by atoms with Crippen molar-refractivity contribution >= 4 is 37.7 Å². The normalized spacial score (nSPS) is 11.1. The van der Waals surface area contributed by atoms with Gasteiger partial charge < -0.3 is 0 Å². The largest absolute Gasteiger partial charge is 0.278 e. The maximum Gasteiger partial charge on any atom is 0.261 e. The zero-order chi connectivity index (χ0) is 14.8. The minimum Gasteiger partial charge on any atom is -0.278 e. The third-order valence-electron chi connectivity index (χ3n) is 2.80. The highest BCUT2D eigenvalue weighted by Gasteiger charge is 2.15. The fourth-order valence-electron chi connectivity index (χ4n) is 1.67. The molecule has 0 saturated carbocycles. The molecule has 0 unspecified atom stereocenters. The Morgan fingerprint density at radius 2 is 1.80 bits per heavy atom. The molecule has 0 aliphatic carbocycles. The molecule has 0 spiro atoms. The molecule has 1 N–H and O–H groups in total. The zero-order valence-electron chi connectivity index (χ0n) is 10.9. The van der Waals surface area contributed by atoms with Crippen molar-refractivity contribution in [3.05, 3.63) is 64.6 Å². The number of nitrogens with one attached hydrogen (secondary N) is 1. The van der Waals surface area contributed by atoms with Crippen LogP contribution in [0.25, 0.3) is 6.08 Å². The number of anilines is 1. The first-order chi connectivity index (χ1) is 9.42. The summed E-state index contributed by atoms with van der Waals surface area (Å²) in [5.74, 6) is 0. The van der Waals surface area contributed by atoms with Crippen molar-refractivity contribution in [1.29, 1.82) is 0 Å². The summed E-state index contributed by atoms with van der Waals surface area (Å²) in [6, 6.07) is 12.1. The Hall–Kier alpha value is -1.59. The molecule has 0 bridgehead atoms. The van der Waals surface area contributed by atoms with Gasteiger partial charge in [0.15, 0.2) is 0 Å². The summed E-state index contributed by atoms with van der Waals surface area (Å²) in [4.78, 5) is 0.235. The first kappa shape index (κ1) is 14.8. The smallest absolute Gasteiger partial charge is 0.261 e. The van der Waals surface area contributed by atoms with E-state index in [4.69, 9.17) is 0 Å². The number of hydrogen-bond acceptors (Lipinski definition) is 2. The SMILES string of the molecule is C=Cc1ccc(Br)c(NS(=O)(=O)c2ccc(C)cc2)c1. The summed E-state index contributed by atoms with van der Waals surface area (Å²) in [5.41, 5.74) is 2.34. The van der Waals surface area contributed by atoms with Gasteiger partial charge in [0, 0.05) is 4.47 Å². The minimum absolute atomic E-state index is 0.235. The van der Waals surface area contributed by atoms with Gasteiger partial charge in [-0.3, -0.25) is 4.72 Å². The van der Waals surface area contributed by atoms with Gasteiger partial charge >= 0.3 is 0 Å². The number of hydrogen-bond donors (Lipinski definition) is 1. The second kappa shape index (κ2) is 5.81. The topological polar surface area (TPSA) is 46.2 Å². The monoisotopic (exact) mass is 351 g/mol. The summed E-state index contributed by atoms with van der Waals surface area (Å²) < 4.78 is 27.9. The first-order valence-corrected chi connectivity index (χ1v) is 8.21. The highest BCUT2D eigenvalue weighted by molar-refractivity contribution is 9.10. The summed E-state index contributed by atoms with van der Waals surface area (Å²) >= 11 is 3.34. The van der Waals surface area contributed by atoms with Crippen molar-refractivity contribution < 1.29 is 8.42 Å². The number of benzene rings is 2. The molecule has 0 aliphatic rings. The number of aryl methyl sites for hydroxylation is 1. The molecule has 0 heterocycles. The Morgan fingerprint density at radius 1 is 1.15 bits per heavy atom. The van der Waals surface area contributed by atoms with E-state index in [2.05, 4.69) is 27.2 Å². The molecular formula is C15H14BrNO2S. The fourth-order valence-corrected chi connectivity index (χ4v) is 3.22. The standard InChI is InChI=1S/C15H14BrNO2S/c1-3-12-6-9-14(16)15(10-12)17-20(18,19)13-7-4-11(2)5-8-13/h3-10,17H,1H2,2H3. The average molecular weight is 352 g/mol. The van der Waals surface area contributed by atoms with Crippen LogP contribution in [0.1, 0.15) is 11.1 Å². The van der Waals surface area contributed by atoms with Gasteiger partial charge in [-0.15, -0.1) is 0 Å². The summed E-state index contributed by atoms with van der Waals surface area (Å²) in [7, 11) is -3.59. The Morgan fingerprint density at radius 3 is 2.40 bits per heavy atom. The van der Waals surface area contributed by atoms with E-state index in [9.17, 15) is 8.42 Å². The molecule has 2 rings (SSSR count). The van der Waals surface area contributed by atoms with Crippen LogP contribution in [-0.2, 0) is 10.0 Å². The molecule has 0 saturated heterocycles. The molecule has 0 fully saturated rings. The molecule has 0 radical (unpaired) electrons. The van der Waals surface area contributed by atoms with Crippen LogP contribution < -0.4 is 4.72 Å². The number of halogens is 1. The predicted molar refractivity (Wildman–Crippen MR) is 86.2 cm³/mol. The van der Waals surface area contributed by atoms with Gasteiger partial charge in [-0.2, -0.15) is 0 Å². The molecule has 3 nitrogen and oxygen atoms in total. The summed E-state index contributed by atoms with van der Waals surface area (Å²) in [6.45, 7) is 5.58. The van der Waals surface area contributed by atoms with E-state index in [0.717, 1.165) is 11.1 Å². The average Bonchev–Trinajstić information content (AvgIpc) is 2.41. The van der Waals surface area contributed by atoms with E-state index in [1.54, 1.807) is 42.5 Å². The lowest BCUT2D eigenvalue weighted by atomic mass is 10.2. The Bertz CT molecular complexity index is 737. The zero-order valence-corrected chi connectivity index (χ0v) is 13.3. The third kappa shape index (κ3) is 3.29. The van der Waals surface area contributed by atoms with Crippen LogP contribution in [0.5, 0.6) is 0 Å². The lowest BCUT2D eigenvalue weighted by Gasteiger charge is -2.10. The van der Waals surface area contributed by atoms with Crippen molar-refractivity contribution in [2.45, 2.75) is 11.8 Å². The summed E-state index contributed by atoms with van der Waals surface area (Å²) in [5, 5.41) is 0. The molecule has 2 aromatic carbocycles. The maximum absolute atomic E-state index is 12.3. The molecule has 2 aromatic rings. The van der Waals surface area contributed by atoms with Gasteiger partial charge in [0.1, 0.15) is 0 Å². The highest BCUT2D eigenvalue weighted by Crippen LogP contribution is 2.26. The lowest BCUT2D eigenvalue weighted by Crippen LogP contribution is -2.13. The van der Waals surface area contributed by atoms with Crippen LogP contribution >= 0.6 is 15.9 Å². The van der Waals surface area contributed by atoms with Crippen LogP contribution in [0.15, 0.2) is 58.4 Å². The van der Waals surface area contributed by atoms with Crippen molar-refractivity contribution in [2.24, 2.45) is 0 Å². The summed E-state index contributed by atoms with van der Waals surface area (Å²) in [6.07, 6.45) is 1.66. The van der Waals surface area contributed by atoms with Gasteiger partial charge in [-0.1, -0.05) is 36.4 Å². The number of sulfonamides is 1. The van der Waals surface area contributed by atoms with Gasteiger partial charge in [-0.05, 0) is 52.7 Å². The van der Waals surface area contributed by atoms with Crippen LogP contribution in [-0.4, -0.2) is 8.42 Å². The van der Waals surface area contributed by atoms with E-state index < -0.39 is 10.0 Å². The molecule has 0 amide bonds. The van der Waals surface area contributed by atoms with Crippen LogP contribution in [0.3, 0.4) is 0 Å². The molecule has 0 atom stereocenters. The van der Waals surface area contributed by atoms with Crippen molar-refractivity contribution in [2.75, 3.05) is 4.72 Å². The Labute approximate surface area is 127 Å². The van der Waals surface area contributed by atoms with Crippen molar-refractivity contribution in [3.8, 4) is 0 Å². The molecular weight excluding hydrogens is 338 g/mol. The second-order valence-electron chi connectivity index (χ2n) is 4.36. The molecule has 0 aliphatic heterocycles. The third-order valence-corrected chi connectivity index (χ3v) is 4.87. The van der Waals surface area contributed by atoms with Crippen LogP contribution in [0, 0.1) is 6.92 Å². The van der Waals surface area contributed by atoms with Crippen molar-refractivity contribution in [3.63, 3.8) is 0 Å². The van der Waals surface area contributed by atoms with Gasteiger partial charge in [0.05, 0.1) is 10.6 Å². The van der Waals surface area contributed by atoms with E-state index in [1.165, 1.54) is 0 Å². The quantitative estimate of drug-likeness (QED) is 0.896. The Kier molecular flexibility index (Phi) is 4.30. The fraction of sp³-hybridized carbons (Fsp3) is 0.0667. The molecule has 104 valence electrons. The minimum atomic E-state index is -3.59. The van der Waals surface area contributed by atoms with E-state index in [1.807, 2.05) is 13.0 Å². The van der Waals surface area contributed by atoms with E-state index in [-0.39, 0.29) is 4.90 Å². The highest BCUT2D eigenvalue weighted by atomic mass is 79.9. The van der Waals surface area contributed by atoms with Gasteiger partial charge in [0.25, 0.3) is 10.0 Å². The maximum atomic E-state index is 12.3. The van der Waals surface area contributed by atoms with E-state index in [0.29, 0.717) is 10.2 Å². The number of rotatable bonds is 4. The molecule has 20 heavy (non-hydrogen) atoms. The van der Waals surface area contributed by atoms with Crippen molar-refractivity contribution in [1.82, 2.24) is 0 Å². The predicted octanol–water partition coefficient (Wildman–Crippen LogP) is 4.20. The van der Waals surface area contributed by atoms with Crippen LogP contribution in [0.4, 0.5) is 5.69 Å². The second-order valence-corrected chi connectivity index (χ2v) is 6.90. The molecule has 0 aromatic heterocycles. The van der Waals surface area contributed by atoms with Crippen LogP contribution in [0.2, 0.25) is 0 Å². The van der Waals surface area contributed by atoms with E-state index >= 15 is 0 Å². The van der Waals surface area contributed by atoms with Gasteiger partial charge in [0.2, 0.25) is 0 Å².